The van der Waals surface area contributed by atoms with Gasteiger partial charge in [-0.15, -0.1) is 0 Å². The molecule has 0 aliphatic heterocycles. The predicted molar refractivity (Wildman–Crippen MR) is 50.3 cm³/mol. The molecule has 0 aromatic heterocycles. The Morgan fingerprint density at radius 3 is 2.50 bits per heavy atom. The van der Waals surface area contributed by atoms with Crippen LogP contribution in [-0.4, -0.2) is 18.7 Å². The molecule has 0 fully saturated rings. The summed E-state index contributed by atoms with van der Waals surface area (Å²) in [7, 11) is 1.50. The Labute approximate surface area is 89.9 Å². The number of halogens is 4. The lowest BCUT2D eigenvalue weighted by atomic mass is 10.0. The molecule has 1 aromatic rings. The molecule has 0 heterocycles. The van der Waals surface area contributed by atoms with Crippen molar-refractivity contribution >= 4 is 0 Å². The van der Waals surface area contributed by atoms with Gasteiger partial charge in [0, 0.05) is 6.54 Å². The van der Waals surface area contributed by atoms with Gasteiger partial charge in [0.15, 0.2) is 0 Å². The fourth-order valence-electron chi connectivity index (χ4n) is 1.37. The Morgan fingerprint density at radius 1 is 1.38 bits per heavy atom. The Morgan fingerprint density at radius 2 is 2.00 bits per heavy atom. The fourth-order valence-corrected chi connectivity index (χ4v) is 1.37. The number of nitrogens with one attached hydrogen (secondary N) is 1. The number of aliphatic hydroxyl groups excluding tert-OH is 1. The molecule has 0 radical (unpaired) electrons. The van der Waals surface area contributed by atoms with Gasteiger partial charge in [0.05, 0.1) is 11.7 Å². The van der Waals surface area contributed by atoms with Crippen LogP contribution in [0.5, 0.6) is 0 Å². The lowest BCUT2D eigenvalue weighted by Crippen LogP contribution is -2.20. The second-order valence-electron chi connectivity index (χ2n) is 3.30. The maximum atomic E-state index is 12.7. The van der Waals surface area contributed by atoms with Crippen LogP contribution in [0.25, 0.3) is 0 Å². The molecule has 16 heavy (non-hydrogen) atoms. The summed E-state index contributed by atoms with van der Waals surface area (Å²) in [5, 5.41) is 12.0. The molecular formula is C10H11F4NO. The van der Waals surface area contributed by atoms with E-state index in [0.29, 0.717) is 6.07 Å². The predicted octanol–water partition coefficient (Wildman–Crippen LogP) is 2.10. The van der Waals surface area contributed by atoms with Gasteiger partial charge in [0.25, 0.3) is 0 Å². The van der Waals surface area contributed by atoms with Crippen LogP contribution in [0.4, 0.5) is 17.6 Å². The minimum Gasteiger partial charge on any atom is -0.387 e. The Balaban J connectivity index is 3.18. The minimum atomic E-state index is -4.67. The highest BCUT2D eigenvalue weighted by atomic mass is 19.4. The van der Waals surface area contributed by atoms with E-state index in [9.17, 15) is 22.7 Å². The van der Waals surface area contributed by atoms with Gasteiger partial charge in [0.2, 0.25) is 0 Å². The number of hydrogen-bond donors (Lipinski definition) is 2. The summed E-state index contributed by atoms with van der Waals surface area (Å²) in [6.07, 6.45) is -5.99. The van der Waals surface area contributed by atoms with Crippen molar-refractivity contribution in [1.29, 1.82) is 0 Å². The molecule has 1 unspecified atom stereocenters. The third-order valence-corrected chi connectivity index (χ3v) is 2.08. The molecule has 0 amide bonds. The summed E-state index contributed by atoms with van der Waals surface area (Å²) in [5.41, 5.74) is -1.47. The van der Waals surface area contributed by atoms with E-state index in [1.165, 1.54) is 7.05 Å². The van der Waals surface area contributed by atoms with Crippen molar-refractivity contribution in [2.75, 3.05) is 13.6 Å². The van der Waals surface area contributed by atoms with E-state index < -0.39 is 23.7 Å². The standard InChI is InChI=1S/C10H11F4NO/c1-15-5-9(16)7-3-2-6(11)4-8(7)10(12,13)14/h2-4,9,15-16H,5H2,1H3. The number of likely N-dealkylation sites (N-methyl/N-ethyl adjacent to an activating group) is 1. The first-order valence-electron chi connectivity index (χ1n) is 4.55. The zero-order chi connectivity index (χ0) is 12.3. The number of hydrogen-bond acceptors (Lipinski definition) is 2. The van der Waals surface area contributed by atoms with Crippen LogP contribution in [0.3, 0.4) is 0 Å². The van der Waals surface area contributed by atoms with Crippen molar-refractivity contribution < 1.29 is 22.7 Å². The summed E-state index contributed by atoms with van der Waals surface area (Å²) in [6.45, 7) is -0.0330. The van der Waals surface area contributed by atoms with Gasteiger partial charge in [-0.05, 0) is 24.7 Å². The second kappa shape index (κ2) is 4.80. The fraction of sp³-hybridized carbons (Fsp3) is 0.400. The SMILES string of the molecule is CNCC(O)c1ccc(F)cc1C(F)(F)F. The normalized spacial score (nSPS) is 13.9. The molecule has 6 heteroatoms. The maximum absolute atomic E-state index is 12.7. The van der Waals surface area contributed by atoms with Crippen molar-refractivity contribution in [3.8, 4) is 0 Å². The quantitative estimate of drug-likeness (QED) is 0.789. The van der Waals surface area contributed by atoms with Gasteiger partial charge in [-0.2, -0.15) is 13.2 Å². The third kappa shape index (κ3) is 2.93. The van der Waals surface area contributed by atoms with E-state index in [4.69, 9.17) is 0 Å². The van der Waals surface area contributed by atoms with Gasteiger partial charge in [-0.25, -0.2) is 4.39 Å². The summed E-state index contributed by atoms with van der Waals surface area (Å²) >= 11 is 0. The Hall–Kier alpha value is -1.14. The highest BCUT2D eigenvalue weighted by Gasteiger charge is 2.35. The van der Waals surface area contributed by atoms with E-state index in [1.54, 1.807) is 0 Å². The molecule has 0 spiro atoms. The number of rotatable bonds is 3. The molecule has 0 aliphatic carbocycles. The summed E-state index contributed by atoms with van der Waals surface area (Å²) in [4.78, 5) is 0. The summed E-state index contributed by atoms with van der Waals surface area (Å²) in [6, 6.07) is 2.22. The Kier molecular flexibility index (Phi) is 3.88. The van der Waals surface area contributed by atoms with Crippen LogP contribution in [0.1, 0.15) is 17.2 Å². The van der Waals surface area contributed by atoms with E-state index in [2.05, 4.69) is 5.32 Å². The second-order valence-corrected chi connectivity index (χ2v) is 3.30. The lowest BCUT2D eigenvalue weighted by molar-refractivity contribution is -0.139. The van der Waals surface area contributed by atoms with Gasteiger partial charge in [-0.1, -0.05) is 6.07 Å². The molecule has 0 saturated heterocycles. The lowest BCUT2D eigenvalue weighted by Gasteiger charge is -2.17. The highest BCUT2D eigenvalue weighted by Crippen LogP contribution is 2.34. The Bertz CT molecular complexity index is 364. The molecule has 0 aliphatic rings. The van der Waals surface area contributed by atoms with E-state index >= 15 is 0 Å². The van der Waals surface area contributed by atoms with Crippen LogP contribution < -0.4 is 5.32 Å². The van der Waals surface area contributed by atoms with Crippen LogP contribution in [0.15, 0.2) is 18.2 Å². The van der Waals surface area contributed by atoms with Gasteiger partial charge in [-0.3, -0.25) is 0 Å². The van der Waals surface area contributed by atoms with Gasteiger partial charge in [0.1, 0.15) is 5.82 Å². The van der Waals surface area contributed by atoms with Crippen molar-refractivity contribution in [3.63, 3.8) is 0 Å². The smallest absolute Gasteiger partial charge is 0.387 e. The summed E-state index contributed by atoms with van der Waals surface area (Å²) in [5.74, 6) is -0.979. The van der Waals surface area contributed by atoms with Crippen molar-refractivity contribution in [2.45, 2.75) is 12.3 Å². The average molecular weight is 237 g/mol. The number of benzene rings is 1. The van der Waals surface area contributed by atoms with E-state index in [-0.39, 0.29) is 12.1 Å². The van der Waals surface area contributed by atoms with Crippen LogP contribution in [-0.2, 0) is 6.18 Å². The molecule has 2 nitrogen and oxygen atoms in total. The third-order valence-electron chi connectivity index (χ3n) is 2.08. The van der Waals surface area contributed by atoms with Crippen LogP contribution in [0.2, 0.25) is 0 Å². The monoisotopic (exact) mass is 237 g/mol. The van der Waals surface area contributed by atoms with E-state index in [0.717, 1.165) is 12.1 Å². The molecule has 0 bridgehead atoms. The molecule has 1 aromatic carbocycles. The zero-order valence-electron chi connectivity index (χ0n) is 8.48. The first kappa shape index (κ1) is 12.9. The molecule has 1 rings (SSSR count). The largest absolute Gasteiger partial charge is 0.416 e. The molecule has 0 saturated carbocycles. The highest BCUT2D eigenvalue weighted by molar-refractivity contribution is 5.32. The van der Waals surface area contributed by atoms with Gasteiger partial charge < -0.3 is 10.4 Å². The summed E-state index contributed by atoms with van der Waals surface area (Å²) < 4.78 is 50.3. The van der Waals surface area contributed by atoms with E-state index in [1.807, 2.05) is 0 Å². The molecule has 1 atom stereocenters. The minimum absolute atomic E-state index is 0.0330. The first-order chi connectivity index (χ1) is 7.36. The molecule has 90 valence electrons. The van der Waals surface area contributed by atoms with Crippen LogP contribution in [0, 0.1) is 5.82 Å². The first-order valence-corrected chi connectivity index (χ1v) is 4.55. The topological polar surface area (TPSA) is 32.3 Å². The maximum Gasteiger partial charge on any atom is 0.416 e. The zero-order valence-corrected chi connectivity index (χ0v) is 8.48. The van der Waals surface area contributed by atoms with Crippen molar-refractivity contribution in [1.82, 2.24) is 5.32 Å². The number of alkyl halides is 3. The number of aliphatic hydroxyl groups is 1. The van der Waals surface area contributed by atoms with Crippen LogP contribution >= 0.6 is 0 Å². The molecule has 2 N–H and O–H groups in total. The average Bonchev–Trinajstić information content (AvgIpc) is 2.16. The van der Waals surface area contributed by atoms with Crippen molar-refractivity contribution in [2.24, 2.45) is 0 Å². The van der Waals surface area contributed by atoms with Gasteiger partial charge >= 0.3 is 6.18 Å². The molecular weight excluding hydrogens is 226 g/mol. The van der Waals surface area contributed by atoms with Crippen molar-refractivity contribution in [3.05, 3.63) is 35.1 Å².